The minimum Gasteiger partial charge on any atom is -0.379 e. The molecular formula is C19H17F2N. The van der Waals surface area contributed by atoms with Gasteiger partial charge in [0.25, 0.3) is 0 Å². The van der Waals surface area contributed by atoms with E-state index in [-0.39, 0.29) is 17.2 Å². The van der Waals surface area contributed by atoms with Gasteiger partial charge in [-0.2, -0.15) is 0 Å². The lowest BCUT2D eigenvalue weighted by molar-refractivity contribution is 0.573. The smallest absolute Gasteiger partial charge is 0.131 e. The summed E-state index contributed by atoms with van der Waals surface area (Å²) in [6.45, 7) is 6.41. The van der Waals surface area contributed by atoms with Crippen molar-refractivity contribution in [2.24, 2.45) is 0 Å². The molecule has 1 heterocycles. The third-order valence-electron chi connectivity index (χ3n) is 4.54. The molecule has 1 aliphatic heterocycles. The molecule has 0 bridgehead atoms. The van der Waals surface area contributed by atoms with E-state index < -0.39 is 0 Å². The number of halogens is 2. The SMILES string of the molecule is CC1=c2cc3c(cc2NC(C)(C)C1)=c1c(F)ccc(F)c1=C3. The normalized spacial score (nSPS) is 17.2. The van der Waals surface area contributed by atoms with Crippen LogP contribution >= 0.6 is 0 Å². The van der Waals surface area contributed by atoms with Crippen molar-refractivity contribution in [1.29, 1.82) is 0 Å². The number of anilines is 1. The number of fused-ring (bicyclic) bond motifs is 3. The fourth-order valence-corrected chi connectivity index (χ4v) is 3.71. The van der Waals surface area contributed by atoms with Crippen molar-refractivity contribution in [2.45, 2.75) is 32.7 Å². The van der Waals surface area contributed by atoms with E-state index >= 15 is 0 Å². The number of benzene rings is 2. The van der Waals surface area contributed by atoms with Gasteiger partial charge in [0.2, 0.25) is 0 Å². The lowest BCUT2D eigenvalue weighted by atomic mass is 9.89. The van der Waals surface area contributed by atoms with Gasteiger partial charge in [0.15, 0.2) is 0 Å². The summed E-state index contributed by atoms with van der Waals surface area (Å²) in [7, 11) is 0. The van der Waals surface area contributed by atoms with E-state index in [1.165, 1.54) is 17.7 Å². The van der Waals surface area contributed by atoms with Gasteiger partial charge in [0.1, 0.15) is 11.6 Å². The highest BCUT2D eigenvalue weighted by molar-refractivity contribution is 5.67. The van der Waals surface area contributed by atoms with Crippen LogP contribution in [0.2, 0.25) is 0 Å². The zero-order valence-corrected chi connectivity index (χ0v) is 12.8. The summed E-state index contributed by atoms with van der Waals surface area (Å²) in [4.78, 5) is 0. The second-order valence-electron chi connectivity index (χ2n) is 6.91. The molecule has 0 spiro atoms. The largest absolute Gasteiger partial charge is 0.379 e. The van der Waals surface area contributed by atoms with Crippen LogP contribution in [0.25, 0.3) is 11.6 Å². The van der Waals surface area contributed by atoms with Crippen molar-refractivity contribution in [2.75, 3.05) is 5.32 Å². The van der Waals surface area contributed by atoms with Crippen LogP contribution in [-0.4, -0.2) is 5.54 Å². The van der Waals surface area contributed by atoms with Crippen LogP contribution in [0.15, 0.2) is 24.3 Å². The lowest BCUT2D eigenvalue weighted by Gasteiger charge is -2.32. The molecule has 1 nitrogen and oxygen atoms in total. The summed E-state index contributed by atoms with van der Waals surface area (Å²) >= 11 is 0. The summed E-state index contributed by atoms with van der Waals surface area (Å²) in [5.74, 6) is -0.748. The summed E-state index contributed by atoms with van der Waals surface area (Å²) < 4.78 is 28.2. The van der Waals surface area contributed by atoms with Gasteiger partial charge < -0.3 is 5.32 Å². The monoisotopic (exact) mass is 297 g/mol. The average Bonchev–Trinajstić information content (AvgIpc) is 2.79. The Bertz CT molecular complexity index is 1030. The zero-order chi connectivity index (χ0) is 15.6. The van der Waals surface area contributed by atoms with Gasteiger partial charge in [-0.25, -0.2) is 8.78 Å². The molecule has 4 rings (SSSR count). The van der Waals surface area contributed by atoms with Gasteiger partial charge in [0.05, 0.1) is 0 Å². The molecule has 1 N–H and O–H groups in total. The van der Waals surface area contributed by atoms with Crippen molar-refractivity contribution in [3.8, 4) is 0 Å². The Labute approximate surface area is 127 Å². The third-order valence-corrected chi connectivity index (χ3v) is 4.54. The van der Waals surface area contributed by atoms with Crippen molar-refractivity contribution >= 4 is 17.3 Å². The first-order chi connectivity index (χ1) is 10.4. The summed E-state index contributed by atoms with van der Waals surface area (Å²) in [6.07, 6.45) is 2.70. The molecule has 0 atom stereocenters. The van der Waals surface area contributed by atoms with Gasteiger partial charge in [-0.15, -0.1) is 0 Å². The summed E-state index contributed by atoms with van der Waals surface area (Å²) in [5, 5.41) is 6.15. The maximum atomic E-state index is 14.2. The highest BCUT2D eigenvalue weighted by atomic mass is 19.1. The van der Waals surface area contributed by atoms with Crippen LogP contribution in [0.5, 0.6) is 0 Å². The Kier molecular flexibility index (Phi) is 2.57. The molecule has 0 saturated heterocycles. The van der Waals surface area contributed by atoms with Crippen LogP contribution in [-0.2, 0) is 0 Å². The Morgan fingerprint density at radius 3 is 2.55 bits per heavy atom. The molecule has 0 fully saturated rings. The maximum Gasteiger partial charge on any atom is 0.131 e. The van der Waals surface area contributed by atoms with Gasteiger partial charge >= 0.3 is 0 Å². The number of hydrogen-bond acceptors (Lipinski definition) is 1. The predicted octanol–water partition coefficient (Wildman–Crippen LogP) is 3.16. The standard InChI is InChI=1S/C19H17F2N/c1-10-9-19(2,3)22-17-8-13-11(6-12(10)17)7-14-15(20)4-5-16(21)18(13)14/h4-8,22H,9H2,1-3H3. The van der Waals surface area contributed by atoms with Crippen molar-refractivity contribution in [1.82, 2.24) is 0 Å². The van der Waals surface area contributed by atoms with E-state index in [0.29, 0.717) is 10.4 Å². The molecule has 0 amide bonds. The van der Waals surface area contributed by atoms with E-state index in [1.807, 2.05) is 12.1 Å². The van der Waals surface area contributed by atoms with Crippen molar-refractivity contribution in [3.05, 3.63) is 62.3 Å². The minimum atomic E-state index is -0.375. The fourth-order valence-electron chi connectivity index (χ4n) is 3.71. The van der Waals surface area contributed by atoms with Gasteiger partial charge in [-0.3, -0.25) is 0 Å². The molecule has 2 aliphatic rings. The first-order valence-electron chi connectivity index (χ1n) is 7.48. The van der Waals surface area contributed by atoms with Crippen molar-refractivity contribution < 1.29 is 8.78 Å². The molecule has 1 aliphatic carbocycles. The first-order valence-corrected chi connectivity index (χ1v) is 7.48. The second kappa shape index (κ2) is 4.19. The topological polar surface area (TPSA) is 12.0 Å². The summed E-state index contributed by atoms with van der Waals surface area (Å²) in [6, 6.07) is 6.39. The third kappa shape index (κ3) is 1.81. The highest BCUT2D eigenvalue weighted by Gasteiger charge is 2.24. The molecule has 0 saturated carbocycles. The Morgan fingerprint density at radius 2 is 1.77 bits per heavy atom. The number of hydrogen-bond donors (Lipinski definition) is 1. The first kappa shape index (κ1) is 13.5. The quantitative estimate of drug-likeness (QED) is 0.672. The molecule has 0 aromatic heterocycles. The molecular weight excluding hydrogens is 280 g/mol. The molecule has 0 radical (unpaired) electrons. The van der Waals surface area contributed by atoms with E-state index in [2.05, 4.69) is 26.1 Å². The Morgan fingerprint density at radius 1 is 1.05 bits per heavy atom. The molecule has 2 aromatic carbocycles. The van der Waals surface area contributed by atoms with Crippen LogP contribution in [0.1, 0.15) is 32.8 Å². The fraction of sp³-hybridized carbons (Fsp3) is 0.263. The number of rotatable bonds is 0. The number of nitrogens with one attached hydrogen (secondary N) is 1. The van der Waals surface area contributed by atoms with Gasteiger partial charge in [0, 0.05) is 21.7 Å². The molecule has 112 valence electrons. The Balaban J connectivity index is 2.18. The molecule has 3 heteroatoms. The molecule has 22 heavy (non-hydrogen) atoms. The minimum absolute atomic E-state index is 0.0308. The van der Waals surface area contributed by atoms with E-state index in [9.17, 15) is 8.78 Å². The Hall–Kier alpha value is -2.16. The van der Waals surface area contributed by atoms with Gasteiger partial charge in [-0.1, -0.05) is 5.57 Å². The van der Waals surface area contributed by atoms with Crippen LogP contribution in [0.3, 0.4) is 0 Å². The average molecular weight is 297 g/mol. The summed E-state index contributed by atoms with van der Waals surface area (Å²) in [5.41, 5.74) is 3.15. The van der Waals surface area contributed by atoms with Crippen LogP contribution in [0.4, 0.5) is 14.5 Å². The molecule has 2 aromatic rings. The lowest BCUT2D eigenvalue weighted by Crippen LogP contribution is -2.38. The van der Waals surface area contributed by atoms with E-state index in [0.717, 1.165) is 28.1 Å². The van der Waals surface area contributed by atoms with Gasteiger partial charge in [-0.05, 0) is 73.5 Å². The predicted molar refractivity (Wildman–Crippen MR) is 84.7 cm³/mol. The van der Waals surface area contributed by atoms with Crippen molar-refractivity contribution in [3.63, 3.8) is 0 Å². The van der Waals surface area contributed by atoms with E-state index in [4.69, 9.17) is 0 Å². The zero-order valence-electron chi connectivity index (χ0n) is 12.8. The van der Waals surface area contributed by atoms with Crippen LogP contribution in [0, 0.1) is 22.1 Å². The maximum absolute atomic E-state index is 14.2. The molecule has 0 unspecified atom stereocenters. The van der Waals surface area contributed by atoms with Crippen LogP contribution < -0.4 is 15.8 Å². The van der Waals surface area contributed by atoms with E-state index in [1.54, 1.807) is 6.08 Å². The second-order valence-corrected chi connectivity index (χ2v) is 6.91. The highest BCUT2D eigenvalue weighted by Crippen LogP contribution is 2.27.